The van der Waals surface area contributed by atoms with E-state index in [9.17, 15) is 0 Å². The van der Waals surface area contributed by atoms with Gasteiger partial charge in [0.05, 0.1) is 4.61 Å². The van der Waals surface area contributed by atoms with Gasteiger partial charge in [-0.05, 0) is 28.1 Å². The van der Waals surface area contributed by atoms with Crippen LogP contribution in [0, 0.1) is 0 Å². The lowest BCUT2D eigenvalue weighted by Crippen LogP contribution is -1.95. The summed E-state index contributed by atoms with van der Waals surface area (Å²) < 4.78 is 0.988. The van der Waals surface area contributed by atoms with Gasteiger partial charge in [-0.1, -0.05) is 12.2 Å². The molecule has 1 aliphatic rings. The van der Waals surface area contributed by atoms with E-state index in [1.165, 1.54) is 0 Å². The first-order valence-corrected chi connectivity index (χ1v) is 3.14. The molecule has 0 aromatic carbocycles. The molecule has 0 fully saturated rings. The maximum atomic E-state index is 3.29. The van der Waals surface area contributed by atoms with Crippen molar-refractivity contribution >= 4 is 15.9 Å². The predicted octanol–water partition coefficient (Wildman–Crippen LogP) is 1.90. The quantitative estimate of drug-likeness (QED) is 0.550. The molecule has 0 radical (unpaired) electrons. The second-order valence-corrected chi connectivity index (χ2v) is 2.26. The lowest BCUT2D eigenvalue weighted by molar-refractivity contribution is 1.18. The predicted molar refractivity (Wildman–Crippen MR) is 38.4 cm³/mol. The van der Waals surface area contributed by atoms with Crippen molar-refractivity contribution in [1.82, 2.24) is 5.32 Å². The molecule has 0 saturated carbocycles. The van der Waals surface area contributed by atoms with Crippen LogP contribution in [0.15, 0.2) is 35.1 Å². The van der Waals surface area contributed by atoms with Crippen molar-refractivity contribution in [1.29, 1.82) is 0 Å². The Kier molecular flexibility index (Phi) is 1.92. The maximum Gasteiger partial charge on any atom is 0.0819 e. The third kappa shape index (κ3) is 1.54. The molecule has 0 amide bonds. The summed E-state index contributed by atoms with van der Waals surface area (Å²) in [5.74, 6) is 0. The first-order valence-electron chi connectivity index (χ1n) is 2.35. The monoisotopic (exact) mass is 171 g/mol. The van der Waals surface area contributed by atoms with Gasteiger partial charge in [-0.15, -0.1) is 0 Å². The largest absolute Gasteiger partial charge is 0.356 e. The van der Waals surface area contributed by atoms with E-state index in [0.29, 0.717) is 0 Å². The Morgan fingerprint density at radius 2 is 2.12 bits per heavy atom. The van der Waals surface area contributed by atoms with Crippen molar-refractivity contribution in [3.8, 4) is 0 Å². The Balaban J connectivity index is 2.69. The highest BCUT2D eigenvalue weighted by molar-refractivity contribution is 9.11. The van der Waals surface area contributed by atoms with E-state index >= 15 is 0 Å². The smallest absolute Gasteiger partial charge is 0.0819 e. The van der Waals surface area contributed by atoms with Gasteiger partial charge in [-0.25, -0.2) is 0 Å². The Labute approximate surface area is 56.9 Å². The van der Waals surface area contributed by atoms with Crippen molar-refractivity contribution in [3.63, 3.8) is 0 Å². The average molecular weight is 172 g/mol. The number of hydrogen-bond donors (Lipinski definition) is 1. The third-order valence-corrected chi connectivity index (χ3v) is 1.28. The van der Waals surface area contributed by atoms with Crippen LogP contribution in [0.1, 0.15) is 0 Å². The van der Waals surface area contributed by atoms with Crippen LogP contribution in [-0.4, -0.2) is 0 Å². The molecule has 0 aromatic rings. The molecule has 0 unspecified atom stereocenters. The summed E-state index contributed by atoms with van der Waals surface area (Å²) in [5.41, 5.74) is 0. The molecular weight excluding hydrogens is 166 g/mol. The van der Waals surface area contributed by atoms with E-state index in [-0.39, 0.29) is 0 Å². The van der Waals surface area contributed by atoms with Gasteiger partial charge in [0.2, 0.25) is 0 Å². The van der Waals surface area contributed by atoms with Gasteiger partial charge in [-0.2, -0.15) is 0 Å². The standard InChI is InChI=1S/C6H6BrN/c7-6-4-2-1-3-5-8-6/h1-5,8H. The van der Waals surface area contributed by atoms with Crippen molar-refractivity contribution in [2.45, 2.75) is 0 Å². The number of nitrogens with one attached hydrogen (secondary N) is 1. The highest BCUT2D eigenvalue weighted by Gasteiger charge is 1.82. The van der Waals surface area contributed by atoms with Gasteiger partial charge >= 0.3 is 0 Å². The van der Waals surface area contributed by atoms with Crippen LogP contribution in [0.3, 0.4) is 0 Å². The molecule has 0 atom stereocenters. The SMILES string of the molecule is BrC1=CC=CC=CN1. The minimum atomic E-state index is 0.988. The summed E-state index contributed by atoms with van der Waals surface area (Å²) in [6.45, 7) is 0. The van der Waals surface area contributed by atoms with E-state index in [1.807, 2.05) is 30.5 Å². The van der Waals surface area contributed by atoms with Crippen molar-refractivity contribution in [3.05, 3.63) is 35.1 Å². The molecule has 0 spiro atoms. The van der Waals surface area contributed by atoms with E-state index in [1.54, 1.807) is 0 Å². The fourth-order valence-electron chi connectivity index (χ4n) is 0.436. The van der Waals surface area contributed by atoms with Crippen molar-refractivity contribution < 1.29 is 0 Å². The Morgan fingerprint density at radius 3 is 3.00 bits per heavy atom. The number of allylic oxidation sites excluding steroid dienone is 4. The molecule has 1 rings (SSSR count). The Bertz CT molecular complexity index is 156. The average Bonchev–Trinajstić information content (AvgIpc) is 1.94. The zero-order valence-corrected chi connectivity index (χ0v) is 5.85. The number of halogens is 1. The lowest BCUT2D eigenvalue weighted by atomic mass is 10.5. The molecule has 0 saturated heterocycles. The third-order valence-electron chi connectivity index (χ3n) is 0.782. The molecule has 2 heteroatoms. The molecular formula is C6H6BrN. The Morgan fingerprint density at radius 1 is 1.25 bits per heavy atom. The van der Waals surface area contributed by atoms with Gasteiger partial charge < -0.3 is 5.32 Å². The normalized spacial score (nSPS) is 16.9. The van der Waals surface area contributed by atoms with E-state index < -0.39 is 0 Å². The summed E-state index contributed by atoms with van der Waals surface area (Å²) in [4.78, 5) is 0. The molecule has 1 N–H and O–H groups in total. The van der Waals surface area contributed by atoms with E-state index in [0.717, 1.165) is 4.61 Å². The van der Waals surface area contributed by atoms with Gasteiger partial charge in [0, 0.05) is 6.20 Å². The van der Waals surface area contributed by atoms with Crippen LogP contribution in [0.25, 0.3) is 0 Å². The zero-order valence-electron chi connectivity index (χ0n) is 4.26. The highest BCUT2D eigenvalue weighted by atomic mass is 79.9. The summed E-state index contributed by atoms with van der Waals surface area (Å²) in [5, 5.41) is 2.98. The molecule has 1 heterocycles. The summed E-state index contributed by atoms with van der Waals surface area (Å²) >= 11 is 3.29. The second kappa shape index (κ2) is 2.72. The fraction of sp³-hybridized carbons (Fsp3) is 0. The van der Waals surface area contributed by atoms with E-state index in [2.05, 4.69) is 21.2 Å². The van der Waals surface area contributed by atoms with E-state index in [4.69, 9.17) is 0 Å². The maximum absolute atomic E-state index is 3.29. The zero-order chi connectivity index (χ0) is 5.82. The summed E-state index contributed by atoms with van der Waals surface area (Å²) in [6.07, 6.45) is 9.66. The van der Waals surface area contributed by atoms with Gasteiger partial charge in [0.25, 0.3) is 0 Å². The van der Waals surface area contributed by atoms with Crippen LogP contribution < -0.4 is 5.32 Å². The highest BCUT2D eigenvalue weighted by Crippen LogP contribution is 2.01. The van der Waals surface area contributed by atoms with Crippen LogP contribution in [-0.2, 0) is 0 Å². The minimum Gasteiger partial charge on any atom is -0.356 e. The van der Waals surface area contributed by atoms with Crippen molar-refractivity contribution in [2.24, 2.45) is 0 Å². The van der Waals surface area contributed by atoms with Crippen LogP contribution >= 0.6 is 15.9 Å². The molecule has 0 aromatic heterocycles. The molecule has 1 aliphatic heterocycles. The topological polar surface area (TPSA) is 12.0 Å². The first kappa shape index (κ1) is 5.63. The number of rotatable bonds is 0. The summed E-state index contributed by atoms with van der Waals surface area (Å²) in [6, 6.07) is 0. The van der Waals surface area contributed by atoms with Crippen LogP contribution in [0.2, 0.25) is 0 Å². The molecule has 42 valence electrons. The minimum absolute atomic E-state index is 0.988. The lowest BCUT2D eigenvalue weighted by Gasteiger charge is -1.90. The van der Waals surface area contributed by atoms with Crippen molar-refractivity contribution in [2.75, 3.05) is 0 Å². The van der Waals surface area contributed by atoms with Gasteiger partial charge in [0.1, 0.15) is 0 Å². The van der Waals surface area contributed by atoms with Gasteiger partial charge in [-0.3, -0.25) is 0 Å². The van der Waals surface area contributed by atoms with Gasteiger partial charge in [0.15, 0.2) is 0 Å². The van der Waals surface area contributed by atoms with Crippen LogP contribution in [0.4, 0.5) is 0 Å². The van der Waals surface area contributed by atoms with Crippen LogP contribution in [0.5, 0.6) is 0 Å². The Hall–Kier alpha value is -0.500. The molecule has 0 aliphatic carbocycles. The summed E-state index contributed by atoms with van der Waals surface area (Å²) in [7, 11) is 0. The first-order chi connectivity index (χ1) is 3.89. The molecule has 1 nitrogen and oxygen atoms in total. The second-order valence-electron chi connectivity index (χ2n) is 1.40. The molecule has 8 heavy (non-hydrogen) atoms. The molecule has 0 bridgehead atoms. The number of hydrogen-bond acceptors (Lipinski definition) is 1. The fourth-order valence-corrected chi connectivity index (χ4v) is 0.720.